The molecule has 1 aromatic carbocycles. The molecule has 0 aliphatic rings. The third-order valence-electron chi connectivity index (χ3n) is 2.45. The SMILES string of the molecule is Nc1c(Cl)ccc(S(=O)(=O)NCc2cccnn2)c1Cl. The quantitative estimate of drug-likeness (QED) is 0.832. The highest BCUT2D eigenvalue weighted by Crippen LogP contribution is 2.32. The van der Waals surface area contributed by atoms with Crippen LogP contribution in [0.5, 0.6) is 0 Å². The van der Waals surface area contributed by atoms with E-state index in [2.05, 4.69) is 14.9 Å². The van der Waals surface area contributed by atoms with Gasteiger partial charge in [-0.1, -0.05) is 23.2 Å². The summed E-state index contributed by atoms with van der Waals surface area (Å²) in [5.41, 5.74) is 6.11. The molecule has 0 bridgehead atoms. The van der Waals surface area contributed by atoms with E-state index in [4.69, 9.17) is 28.9 Å². The number of sulfonamides is 1. The van der Waals surface area contributed by atoms with E-state index in [9.17, 15) is 8.42 Å². The summed E-state index contributed by atoms with van der Waals surface area (Å²) in [6.45, 7) is -0.00493. The van der Waals surface area contributed by atoms with Crippen molar-refractivity contribution in [2.45, 2.75) is 11.4 Å². The maximum absolute atomic E-state index is 12.1. The zero-order valence-corrected chi connectivity index (χ0v) is 12.4. The lowest BCUT2D eigenvalue weighted by Crippen LogP contribution is -2.24. The van der Waals surface area contributed by atoms with E-state index in [0.717, 1.165) is 0 Å². The molecule has 20 heavy (non-hydrogen) atoms. The van der Waals surface area contributed by atoms with Crippen LogP contribution in [-0.2, 0) is 16.6 Å². The van der Waals surface area contributed by atoms with Crippen molar-refractivity contribution < 1.29 is 8.42 Å². The maximum atomic E-state index is 12.1. The topological polar surface area (TPSA) is 98.0 Å². The molecule has 1 heterocycles. The summed E-state index contributed by atoms with van der Waals surface area (Å²) in [5.74, 6) is 0. The zero-order valence-electron chi connectivity index (χ0n) is 10.0. The minimum absolute atomic E-state index is 0.00493. The summed E-state index contributed by atoms with van der Waals surface area (Å²) in [6, 6.07) is 5.97. The Balaban J connectivity index is 2.25. The summed E-state index contributed by atoms with van der Waals surface area (Å²) in [5, 5.41) is 7.52. The van der Waals surface area contributed by atoms with Gasteiger partial charge in [-0.25, -0.2) is 13.1 Å². The van der Waals surface area contributed by atoms with E-state index in [0.29, 0.717) is 5.69 Å². The molecule has 0 atom stereocenters. The van der Waals surface area contributed by atoms with Gasteiger partial charge in [0.2, 0.25) is 10.0 Å². The predicted molar refractivity (Wildman–Crippen MR) is 76.9 cm³/mol. The lowest BCUT2D eigenvalue weighted by Gasteiger charge is -2.10. The van der Waals surface area contributed by atoms with Gasteiger partial charge in [0, 0.05) is 6.20 Å². The molecular formula is C11H10Cl2N4O2S. The molecule has 2 rings (SSSR count). The summed E-state index contributed by atoms with van der Waals surface area (Å²) in [4.78, 5) is -0.134. The lowest BCUT2D eigenvalue weighted by molar-refractivity contribution is 0.580. The van der Waals surface area contributed by atoms with Crippen molar-refractivity contribution in [1.29, 1.82) is 0 Å². The van der Waals surface area contributed by atoms with Crippen molar-refractivity contribution in [2.24, 2.45) is 0 Å². The van der Waals surface area contributed by atoms with Crippen LogP contribution in [0.15, 0.2) is 35.4 Å². The highest BCUT2D eigenvalue weighted by molar-refractivity contribution is 7.89. The zero-order chi connectivity index (χ0) is 14.8. The second kappa shape index (κ2) is 5.92. The van der Waals surface area contributed by atoms with Gasteiger partial charge >= 0.3 is 0 Å². The number of rotatable bonds is 4. The van der Waals surface area contributed by atoms with Gasteiger partial charge in [0.25, 0.3) is 0 Å². The number of hydrogen-bond donors (Lipinski definition) is 2. The van der Waals surface area contributed by atoms with E-state index in [1.165, 1.54) is 18.3 Å². The average Bonchev–Trinajstić information content (AvgIpc) is 2.44. The number of nitrogens with two attached hydrogens (primary N) is 1. The highest BCUT2D eigenvalue weighted by atomic mass is 35.5. The van der Waals surface area contributed by atoms with Gasteiger partial charge in [-0.2, -0.15) is 10.2 Å². The van der Waals surface area contributed by atoms with Gasteiger partial charge in [0.05, 0.1) is 28.0 Å². The van der Waals surface area contributed by atoms with Gasteiger partial charge in [-0.15, -0.1) is 0 Å². The Morgan fingerprint density at radius 2 is 2.00 bits per heavy atom. The first-order valence-corrected chi connectivity index (χ1v) is 7.65. The van der Waals surface area contributed by atoms with Crippen molar-refractivity contribution in [2.75, 3.05) is 5.73 Å². The second-order valence-electron chi connectivity index (χ2n) is 3.81. The Bertz CT molecular complexity index is 723. The summed E-state index contributed by atoms with van der Waals surface area (Å²) < 4.78 is 26.7. The molecular weight excluding hydrogens is 323 g/mol. The Hall–Kier alpha value is -1.41. The van der Waals surface area contributed by atoms with Gasteiger partial charge in [0.1, 0.15) is 4.90 Å². The van der Waals surface area contributed by atoms with E-state index < -0.39 is 10.0 Å². The molecule has 0 saturated carbocycles. The number of anilines is 1. The maximum Gasteiger partial charge on any atom is 0.242 e. The first-order chi connectivity index (χ1) is 9.42. The minimum Gasteiger partial charge on any atom is -0.396 e. The van der Waals surface area contributed by atoms with Gasteiger partial charge in [0.15, 0.2) is 0 Å². The van der Waals surface area contributed by atoms with Crippen molar-refractivity contribution in [3.05, 3.63) is 46.2 Å². The Morgan fingerprint density at radius 1 is 1.25 bits per heavy atom. The molecule has 0 saturated heterocycles. The smallest absolute Gasteiger partial charge is 0.242 e. The van der Waals surface area contributed by atoms with Crippen LogP contribution in [0.1, 0.15) is 5.69 Å². The average molecular weight is 333 g/mol. The summed E-state index contributed by atoms with van der Waals surface area (Å²) in [7, 11) is -3.82. The van der Waals surface area contributed by atoms with E-state index in [1.807, 2.05) is 0 Å². The molecule has 106 valence electrons. The van der Waals surface area contributed by atoms with Crippen LogP contribution in [-0.4, -0.2) is 18.6 Å². The molecule has 3 N–H and O–H groups in total. The Labute approximate surface area is 126 Å². The molecule has 0 spiro atoms. The molecule has 0 aliphatic heterocycles. The number of halogens is 2. The highest BCUT2D eigenvalue weighted by Gasteiger charge is 2.20. The number of nitrogens with one attached hydrogen (secondary N) is 1. The van der Waals surface area contributed by atoms with Gasteiger partial charge in [-0.05, 0) is 24.3 Å². The predicted octanol–water partition coefficient (Wildman–Crippen LogP) is 1.84. The number of benzene rings is 1. The van der Waals surface area contributed by atoms with Crippen molar-refractivity contribution >= 4 is 38.9 Å². The number of aromatic nitrogens is 2. The van der Waals surface area contributed by atoms with Crippen LogP contribution < -0.4 is 10.5 Å². The van der Waals surface area contributed by atoms with Crippen LogP contribution in [0.3, 0.4) is 0 Å². The molecule has 0 aliphatic carbocycles. The molecule has 0 fully saturated rings. The summed E-state index contributed by atoms with van der Waals surface area (Å²) in [6.07, 6.45) is 1.49. The van der Waals surface area contributed by atoms with Crippen LogP contribution in [0.2, 0.25) is 10.0 Å². The van der Waals surface area contributed by atoms with E-state index >= 15 is 0 Å². The Morgan fingerprint density at radius 3 is 2.65 bits per heavy atom. The van der Waals surface area contributed by atoms with Crippen molar-refractivity contribution in [1.82, 2.24) is 14.9 Å². The van der Waals surface area contributed by atoms with Gasteiger partial charge < -0.3 is 5.73 Å². The minimum atomic E-state index is -3.82. The molecule has 0 radical (unpaired) electrons. The molecule has 0 unspecified atom stereocenters. The van der Waals surface area contributed by atoms with E-state index in [1.54, 1.807) is 12.1 Å². The van der Waals surface area contributed by atoms with Crippen LogP contribution in [0.25, 0.3) is 0 Å². The standard InChI is InChI=1S/C11H10Cl2N4O2S/c12-8-3-4-9(10(13)11(8)14)20(18,19)16-6-7-2-1-5-15-17-7/h1-5,16H,6,14H2. The third kappa shape index (κ3) is 3.18. The number of nitrogens with zero attached hydrogens (tertiary/aromatic N) is 2. The Kier molecular flexibility index (Phi) is 4.44. The largest absolute Gasteiger partial charge is 0.396 e. The molecule has 9 heteroatoms. The van der Waals surface area contributed by atoms with Crippen LogP contribution in [0.4, 0.5) is 5.69 Å². The fourth-order valence-corrected chi connectivity index (χ4v) is 3.19. The monoisotopic (exact) mass is 332 g/mol. The van der Waals surface area contributed by atoms with Crippen molar-refractivity contribution in [3.8, 4) is 0 Å². The second-order valence-corrected chi connectivity index (χ2v) is 6.33. The molecule has 0 amide bonds. The van der Waals surface area contributed by atoms with Crippen LogP contribution in [0, 0.1) is 0 Å². The number of nitrogen functional groups attached to an aromatic ring is 1. The van der Waals surface area contributed by atoms with E-state index in [-0.39, 0.29) is 27.2 Å². The normalized spacial score (nSPS) is 11.5. The van der Waals surface area contributed by atoms with Crippen LogP contribution >= 0.6 is 23.2 Å². The lowest BCUT2D eigenvalue weighted by atomic mass is 10.3. The first-order valence-electron chi connectivity index (χ1n) is 5.41. The first kappa shape index (κ1) is 15.0. The van der Waals surface area contributed by atoms with Crippen molar-refractivity contribution in [3.63, 3.8) is 0 Å². The molecule has 6 nitrogen and oxygen atoms in total. The number of hydrogen-bond acceptors (Lipinski definition) is 5. The fourth-order valence-electron chi connectivity index (χ4n) is 1.43. The fraction of sp³-hybridized carbons (Fsp3) is 0.0909. The third-order valence-corrected chi connectivity index (χ3v) is 4.74. The molecule has 2 aromatic rings. The summed E-state index contributed by atoms with van der Waals surface area (Å²) >= 11 is 11.7. The van der Waals surface area contributed by atoms with Gasteiger partial charge in [-0.3, -0.25) is 0 Å². The molecule has 1 aromatic heterocycles.